The highest BCUT2D eigenvalue weighted by atomic mass is 35.5. The van der Waals surface area contributed by atoms with E-state index >= 15 is 0 Å². The topological polar surface area (TPSA) is 91.9 Å². The summed E-state index contributed by atoms with van der Waals surface area (Å²) >= 11 is 12.0. The van der Waals surface area contributed by atoms with Crippen LogP contribution < -0.4 is 15.4 Å². The number of amides is 1. The number of H-pyrrole nitrogens is 1. The average molecular weight is 596 g/mol. The molecule has 4 rings (SSSR count). The van der Waals surface area contributed by atoms with Gasteiger partial charge in [-0.15, -0.1) is 0 Å². The van der Waals surface area contributed by atoms with Crippen LogP contribution in [0.3, 0.4) is 0 Å². The van der Waals surface area contributed by atoms with Gasteiger partial charge in [0.15, 0.2) is 12.3 Å². The molecule has 0 radical (unpaired) electrons. The molecule has 4 aromatic rings. The van der Waals surface area contributed by atoms with Crippen LogP contribution in [0, 0.1) is 5.82 Å². The molecule has 0 atom stereocenters. The number of nitrogens with zero attached hydrogens (tertiary/aromatic N) is 2. The highest BCUT2D eigenvalue weighted by Crippen LogP contribution is 2.34. The molecule has 2 heterocycles. The van der Waals surface area contributed by atoms with Crippen LogP contribution in [0.5, 0.6) is 5.88 Å². The number of carbonyl (C=O) groups is 1. The molecule has 0 unspecified atom stereocenters. The van der Waals surface area contributed by atoms with Crippen LogP contribution in [0.15, 0.2) is 42.5 Å². The normalized spacial score (nSPS) is 12.0. The van der Waals surface area contributed by atoms with Crippen LogP contribution in [-0.4, -0.2) is 33.6 Å². The van der Waals surface area contributed by atoms with E-state index in [2.05, 4.69) is 25.6 Å². The highest BCUT2D eigenvalue weighted by molar-refractivity contribution is 6.39. The fourth-order valence-corrected chi connectivity index (χ4v) is 3.96. The van der Waals surface area contributed by atoms with Crippen molar-refractivity contribution in [3.63, 3.8) is 0 Å². The molecule has 3 N–H and O–H groups in total. The number of hydrogen-bond donors (Lipinski definition) is 3. The summed E-state index contributed by atoms with van der Waals surface area (Å²) in [5.41, 5.74) is -1.89. The minimum Gasteiger partial charge on any atom is -0.467 e. The number of ether oxygens (including phenoxy) is 1. The molecule has 0 fully saturated rings. The first-order chi connectivity index (χ1) is 18.2. The van der Waals surface area contributed by atoms with E-state index in [0.717, 1.165) is 30.3 Å². The third-order valence-electron chi connectivity index (χ3n) is 5.07. The van der Waals surface area contributed by atoms with Crippen molar-refractivity contribution in [2.45, 2.75) is 18.9 Å². The summed E-state index contributed by atoms with van der Waals surface area (Å²) in [7, 11) is 0. The van der Waals surface area contributed by atoms with Gasteiger partial charge in [-0.05, 0) is 29.8 Å². The molecule has 7 nitrogen and oxygen atoms in total. The van der Waals surface area contributed by atoms with E-state index in [-0.39, 0.29) is 38.4 Å². The number of rotatable bonds is 7. The highest BCUT2D eigenvalue weighted by Gasteiger charge is 2.33. The van der Waals surface area contributed by atoms with E-state index in [4.69, 9.17) is 27.9 Å². The Kier molecular flexibility index (Phi) is 7.80. The number of halogens is 9. The summed E-state index contributed by atoms with van der Waals surface area (Å²) in [6.07, 6.45) is -9.48. The lowest BCUT2D eigenvalue weighted by atomic mass is 10.1. The molecule has 0 aliphatic rings. The smallest absolute Gasteiger partial charge is 0.422 e. The van der Waals surface area contributed by atoms with E-state index in [1.807, 2.05) is 0 Å². The second-order valence-electron chi connectivity index (χ2n) is 7.91. The maximum absolute atomic E-state index is 13.5. The van der Waals surface area contributed by atoms with E-state index < -0.39 is 54.2 Å². The Balaban J connectivity index is 1.66. The predicted molar refractivity (Wildman–Crippen MR) is 128 cm³/mol. The molecular formula is C23H14Cl2F7N5O2. The second kappa shape index (κ2) is 10.8. The largest absolute Gasteiger partial charge is 0.467 e. The Labute approximate surface area is 224 Å². The third-order valence-corrected chi connectivity index (χ3v) is 5.66. The van der Waals surface area contributed by atoms with Gasteiger partial charge in [0.2, 0.25) is 11.8 Å². The van der Waals surface area contributed by atoms with Gasteiger partial charge in [0.05, 0.1) is 21.3 Å². The van der Waals surface area contributed by atoms with Crippen LogP contribution in [-0.2, 0) is 12.7 Å². The molecule has 39 heavy (non-hydrogen) atoms. The van der Waals surface area contributed by atoms with Gasteiger partial charge < -0.3 is 20.4 Å². The van der Waals surface area contributed by atoms with Gasteiger partial charge in [-0.25, -0.2) is 9.37 Å². The van der Waals surface area contributed by atoms with Gasteiger partial charge in [0.1, 0.15) is 16.9 Å². The fraction of sp³-hybridized carbons (Fsp3) is 0.174. The van der Waals surface area contributed by atoms with Crippen molar-refractivity contribution >= 4 is 51.9 Å². The van der Waals surface area contributed by atoms with Crippen molar-refractivity contribution in [3.8, 4) is 5.88 Å². The Hall–Kier alpha value is -3.78. The SMILES string of the molecule is O=C(NCc1ccccc1C(F)(F)F)c1cc2nc(Nc3c(Cl)cc(F)cc3Cl)[nH]c2nc1OCC(F)(F)F. The number of aromatic nitrogens is 3. The number of pyridine rings is 1. The number of benzene rings is 2. The lowest BCUT2D eigenvalue weighted by Crippen LogP contribution is -2.26. The van der Waals surface area contributed by atoms with E-state index in [9.17, 15) is 35.5 Å². The molecule has 1 amide bonds. The number of fused-ring (bicyclic) bond motifs is 1. The van der Waals surface area contributed by atoms with Crippen LogP contribution in [0.2, 0.25) is 10.0 Å². The fourth-order valence-electron chi connectivity index (χ4n) is 3.41. The summed E-state index contributed by atoms with van der Waals surface area (Å²) in [5, 5.41) is 4.70. The number of anilines is 2. The van der Waals surface area contributed by atoms with Gasteiger partial charge in [-0.1, -0.05) is 41.4 Å². The molecule has 2 aromatic carbocycles. The minimum atomic E-state index is -4.78. The lowest BCUT2D eigenvalue weighted by Gasteiger charge is -2.14. The molecule has 16 heteroatoms. The maximum Gasteiger partial charge on any atom is 0.422 e. The minimum absolute atomic E-state index is 0.0351. The number of imidazole rings is 1. The van der Waals surface area contributed by atoms with E-state index in [1.165, 1.54) is 12.1 Å². The summed E-state index contributed by atoms with van der Waals surface area (Å²) in [4.78, 5) is 23.5. The van der Waals surface area contributed by atoms with Crippen molar-refractivity contribution in [1.82, 2.24) is 20.3 Å². The number of alkyl halides is 6. The Morgan fingerprint density at radius 1 is 1.00 bits per heavy atom. The monoisotopic (exact) mass is 595 g/mol. The van der Waals surface area contributed by atoms with E-state index in [1.54, 1.807) is 0 Å². The maximum atomic E-state index is 13.5. The molecular weight excluding hydrogens is 582 g/mol. The molecule has 2 aromatic heterocycles. The van der Waals surface area contributed by atoms with Crippen LogP contribution in [0.4, 0.5) is 42.4 Å². The molecule has 0 saturated heterocycles. The quantitative estimate of drug-likeness (QED) is 0.199. The molecule has 0 aliphatic heterocycles. The molecule has 0 aliphatic carbocycles. The zero-order chi connectivity index (χ0) is 28.5. The molecule has 0 spiro atoms. The predicted octanol–water partition coefficient (Wildman–Crippen LogP) is 7.04. The first-order valence-electron chi connectivity index (χ1n) is 10.7. The van der Waals surface area contributed by atoms with Crippen molar-refractivity contribution < 1.29 is 40.3 Å². The van der Waals surface area contributed by atoms with E-state index in [0.29, 0.717) is 0 Å². The lowest BCUT2D eigenvalue weighted by molar-refractivity contribution is -0.154. The molecule has 0 bridgehead atoms. The number of carbonyl (C=O) groups excluding carboxylic acids is 1. The number of hydrogen-bond acceptors (Lipinski definition) is 5. The Morgan fingerprint density at radius 2 is 1.67 bits per heavy atom. The van der Waals surface area contributed by atoms with Gasteiger partial charge in [0, 0.05) is 6.54 Å². The first kappa shape index (κ1) is 28.2. The number of nitrogens with one attached hydrogen (secondary N) is 3. The Morgan fingerprint density at radius 3 is 2.31 bits per heavy atom. The second-order valence-corrected chi connectivity index (χ2v) is 8.72. The van der Waals surface area contributed by atoms with Crippen molar-refractivity contribution in [2.75, 3.05) is 11.9 Å². The summed E-state index contributed by atoms with van der Waals surface area (Å²) in [6.45, 7) is -2.40. The van der Waals surface area contributed by atoms with Crippen molar-refractivity contribution in [3.05, 3.63) is 75.0 Å². The van der Waals surface area contributed by atoms with Gasteiger partial charge in [-0.3, -0.25) is 4.79 Å². The number of aromatic amines is 1. The standard InChI is InChI=1S/C23H14Cl2F7N5O2/c24-14-5-11(26)6-15(25)17(14)35-21-34-16-7-12(20(36-18(16)37-21)39-9-22(27,28)29)19(38)33-8-10-3-1-2-4-13(10)23(30,31)32/h1-7H,8-9H2,(H,33,38)(H2,34,35,36,37). The Bertz CT molecular complexity index is 1520. The van der Waals surface area contributed by atoms with Crippen molar-refractivity contribution in [2.24, 2.45) is 0 Å². The summed E-state index contributed by atoms with van der Waals surface area (Å²) in [6, 6.07) is 7.45. The summed E-state index contributed by atoms with van der Waals surface area (Å²) < 4.78 is 96.5. The molecule has 206 valence electrons. The zero-order valence-corrected chi connectivity index (χ0v) is 20.6. The summed E-state index contributed by atoms with van der Waals surface area (Å²) in [5.74, 6) is -2.61. The first-order valence-corrected chi connectivity index (χ1v) is 11.4. The van der Waals surface area contributed by atoms with Crippen LogP contribution in [0.25, 0.3) is 11.2 Å². The van der Waals surface area contributed by atoms with Crippen LogP contribution >= 0.6 is 23.2 Å². The average Bonchev–Trinajstić information content (AvgIpc) is 3.23. The van der Waals surface area contributed by atoms with Gasteiger partial charge >= 0.3 is 12.4 Å². The third kappa shape index (κ3) is 6.81. The van der Waals surface area contributed by atoms with Crippen molar-refractivity contribution in [1.29, 1.82) is 0 Å². The van der Waals surface area contributed by atoms with Crippen LogP contribution in [0.1, 0.15) is 21.5 Å². The zero-order valence-electron chi connectivity index (χ0n) is 19.1. The van der Waals surface area contributed by atoms with Gasteiger partial charge in [-0.2, -0.15) is 31.3 Å². The van der Waals surface area contributed by atoms with Gasteiger partial charge in [0.25, 0.3) is 5.91 Å². The molecule has 0 saturated carbocycles.